The topological polar surface area (TPSA) is 104 Å². The second-order valence-electron chi connectivity index (χ2n) is 5.49. The Kier molecular flexibility index (Phi) is 4.02. The molecule has 0 spiro atoms. The minimum atomic E-state index is -0.608. The second-order valence-corrected chi connectivity index (χ2v) is 5.93. The lowest BCUT2D eigenvalue weighted by molar-refractivity contribution is 0.631. The summed E-state index contributed by atoms with van der Waals surface area (Å²) in [6.45, 7) is 7.30. The van der Waals surface area contributed by atoms with E-state index in [2.05, 4.69) is 35.3 Å². The zero-order chi connectivity index (χ0) is 19.0. The van der Waals surface area contributed by atoms with Gasteiger partial charge in [-0.05, 0) is 24.3 Å². The first-order valence-electron chi connectivity index (χ1n) is 7.58. The molecule has 4 rings (SSSR count). The van der Waals surface area contributed by atoms with Crippen LogP contribution in [0.4, 0.5) is 21.7 Å². The van der Waals surface area contributed by atoms with Gasteiger partial charge in [-0.1, -0.05) is 18.2 Å². The number of pyridine rings is 1. The van der Waals surface area contributed by atoms with Crippen LogP contribution in [0.3, 0.4) is 0 Å². The summed E-state index contributed by atoms with van der Waals surface area (Å²) in [5, 5.41) is 10.5. The average molecular weight is 382 g/mol. The van der Waals surface area contributed by atoms with Crippen molar-refractivity contribution in [1.82, 2.24) is 25.1 Å². The Hall–Kier alpha value is -3.77. The molecule has 0 amide bonds. The van der Waals surface area contributed by atoms with Crippen molar-refractivity contribution in [1.29, 1.82) is 0 Å². The molecule has 3 heterocycles. The van der Waals surface area contributed by atoms with Gasteiger partial charge in [0.25, 0.3) is 5.82 Å². The quantitative estimate of drug-likeness (QED) is 0.468. The number of benzene rings is 1. The van der Waals surface area contributed by atoms with Crippen molar-refractivity contribution >= 4 is 40.0 Å². The van der Waals surface area contributed by atoms with Crippen LogP contribution in [-0.2, 0) is 0 Å². The molecule has 0 atom stereocenters. The molecular weight excluding hydrogens is 373 g/mol. The summed E-state index contributed by atoms with van der Waals surface area (Å²) >= 11 is 5.93. The molecule has 8 nitrogen and oxygen atoms in total. The number of H-pyrrole nitrogens is 2. The predicted octanol–water partition coefficient (Wildman–Crippen LogP) is 3.80. The molecule has 27 heavy (non-hydrogen) atoms. The number of hydrogen-bond donors (Lipinski definition) is 3. The third-order valence-corrected chi connectivity index (χ3v) is 4.09. The fourth-order valence-corrected chi connectivity index (χ4v) is 2.77. The molecule has 0 aliphatic heterocycles. The van der Waals surface area contributed by atoms with E-state index in [0.29, 0.717) is 16.9 Å². The Morgan fingerprint density at radius 2 is 2.07 bits per heavy atom. The number of fused-ring (bicyclic) bond motifs is 1. The predicted molar refractivity (Wildman–Crippen MR) is 98.7 cm³/mol. The minimum absolute atomic E-state index is 0.0273. The smallest absolute Gasteiger partial charge is 0.324 e. The summed E-state index contributed by atoms with van der Waals surface area (Å²) in [4.78, 5) is 26.3. The van der Waals surface area contributed by atoms with Crippen LogP contribution in [-0.4, -0.2) is 25.1 Å². The number of halogens is 2. The largest absolute Gasteiger partial charge is 0.362 e. The molecule has 10 heteroatoms. The summed E-state index contributed by atoms with van der Waals surface area (Å²) in [5.41, 5.74) is 0.202. The third-order valence-electron chi connectivity index (χ3n) is 3.85. The van der Waals surface area contributed by atoms with Crippen LogP contribution in [0.15, 0.2) is 41.6 Å². The number of aromatic amines is 2. The van der Waals surface area contributed by atoms with E-state index in [0.717, 1.165) is 0 Å². The van der Waals surface area contributed by atoms with Crippen LogP contribution in [0.25, 0.3) is 27.0 Å². The van der Waals surface area contributed by atoms with Gasteiger partial charge in [-0.25, -0.2) is 19.2 Å². The number of nitrogens with one attached hydrogen (secondary N) is 3. The van der Waals surface area contributed by atoms with E-state index in [1.54, 1.807) is 0 Å². The lowest BCUT2D eigenvalue weighted by Crippen LogP contribution is -2.11. The van der Waals surface area contributed by atoms with Crippen molar-refractivity contribution in [3.05, 3.63) is 69.4 Å². The molecule has 0 fully saturated rings. The summed E-state index contributed by atoms with van der Waals surface area (Å²) in [6, 6.07) is 5.29. The van der Waals surface area contributed by atoms with Gasteiger partial charge < -0.3 is 10.2 Å². The molecule has 132 valence electrons. The Balaban J connectivity index is 1.88. The van der Waals surface area contributed by atoms with E-state index < -0.39 is 11.4 Å². The molecule has 0 unspecified atom stereocenters. The second kappa shape index (κ2) is 6.51. The van der Waals surface area contributed by atoms with Gasteiger partial charge in [-0.2, -0.15) is 5.10 Å². The molecule has 0 aliphatic rings. The lowest BCUT2D eigenvalue weighted by Gasteiger charge is -2.10. The van der Waals surface area contributed by atoms with E-state index >= 15 is 0 Å². The Morgan fingerprint density at radius 3 is 2.89 bits per heavy atom. The highest BCUT2D eigenvalue weighted by Crippen LogP contribution is 2.31. The van der Waals surface area contributed by atoms with Crippen LogP contribution >= 0.6 is 11.6 Å². The summed E-state index contributed by atoms with van der Waals surface area (Å²) in [7, 11) is 0. The molecule has 0 saturated carbocycles. The Bertz CT molecular complexity index is 1270. The number of rotatable bonds is 3. The molecule has 0 radical (unpaired) electrons. The molecule has 3 aromatic heterocycles. The molecule has 0 aliphatic carbocycles. The highest BCUT2D eigenvalue weighted by atomic mass is 35.5. The van der Waals surface area contributed by atoms with E-state index in [1.807, 2.05) is 0 Å². The van der Waals surface area contributed by atoms with Crippen molar-refractivity contribution < 1.29 is 4.39 Å². The third kappa shape index (κ3) is 2.98. The van der Waals surface area contributed by atoms with Crippen molar-refractivity contribution in [2.75, 3.05) is 5.32 Å². The van der Waals surface area contributed by atoms with Crippen LogP contribution < -0.4 is 10.9 Å². The van der Waals surface area contributed by atoms with Crippen molar-refractivity contribution in [3.63, 3.8) is 0 Å². The Morgan fingerprint density at radius 1 is 1.22 bits per heavy atom. The normalized spacial score (nSPS) is 10.7. The van der Waals surface area contributed by atoms with Crippen LogP contribution in [0.1, 0.15) is 0 Å². The van der Waals surface area contributed by atoms with Gasteiger partial charge in [0.15, 0.2) is 5.65 Å². The van der Waals surface area contributed by atoms with Crippen LogP contribution in [0, 0.1) is 12.4 Å². The SMILES string of the molecule is [C-]#[N+]c1[nH]c(=O)c(-c2cc(Cl)ccc2F)cc1Nc1ncnc2[nH]ncc12. The van der Waals surface area contributed by atoms with Crippen LogP contribution in [0.2, 0.25) is 5.02 Å². The number of anilines is 2. The number of hydrogen-bond acceptors (Lipinski definition) is 5. The summed E-state index contributed by atoms with van der Waals surface area (Å²) in [6.07, 6.45) is 2.85. The average Bonchev–Trinajstić information content (AvgIpc) is 3.15. The maximum Gasteiger partial charge on any atom is 0.324 e. The molecule has 1 aromatic carbocycles. The van der Waals surface area contributed by atoms with Crippen molar-refractivity contribution in [3.8, 4) is 11.1 Å². The highest BCUT2D eigenvalue weighted by molar-refractivity contribution is 6.30. The highest BCUT2D eigenvalue weighted by Gasteiger charge is 2.16. The summed E-state index contributed by atoms with van der Waals surface area (Å²) in [5.74, 6) is -0.268. The molecule has 3 N–H and O–H groups in total. The van der Waals surface area contributed by atoms with Crippen LogP contribution in [0.5, 0.6) is 0 Å². The maximum atomic E-state index is 14.2. The molecule has 4 aromatic rings. The number of nitrogens with zero attached hydrogens (tertiary/aromatic N) is 4. The monoisotopic (exact) mass is 381 g/mol. The minimum Gasteiger partial charge on any atom is -0.362 e. The zero-order valence-corrected chi connectivity index (χ0v) is 14.2. The fraction of sp³-hybridized carbons (Fsp3) is 0. The standard InChI is InChI=1S/C17H9ClFN7O/c1-20-16-13(24-14-11-6-23-26-15(11)22-7-21-14)5-10(17(27)25-16)9-4-8(18)2-3-12(9)19/h2-7H,(H,25,27)(H2,21,22,23,24,26). The lowest BCUT2D eigenvalue weighted by atomic mass is 10.1. The van der Waals surface area contributed by atoms with Crippen molar-refractivity contribution in [2.45, 2.75) is 0 Å². The first kappa shape index (κ1) is 16.7. The van der Waals surface area contributed by atoms with Crippen molar-refractivity contribution in [2.24, 2.45) is 0 Å². The van der Waals surface area contributed by atoms with Gasteiger partial charge in [-0.3, -0.25) is 10.1 Å². The van der Waals surface area contributed by atoms with E-state index in [9.17, 15) is 9.18 Å². The van der Waals surface area contributed by atoms with Gasteiger partial charge in [0.1, 0.15) is 18.0 Å². The molecule has 0 saturated heterocycles. The maximum absolute atomic E-state index is 14.2. The van der Waals surface area contributed by atoms with Gasteiger partial charge in [0, 0.05) is 10.6 Å². The molecular formula is C17H9ClFN7O. The van der Waals surface area contributed by atoms with Gasteiger partial charge in [0.05, 0.1) is 22.8 Å². The van der Waals surface area contributed by atoms with Gasteiger partial charge >= 0.3 is 5.56 Å². The zero-order valence-electron chi connectivity index (χ0n) is 13.4. The summed E-state index contributed by atoms with van der Waals surface area (Å²) < 4.78 is 14.2. The van der Waals surface area contributed by atoms with E-state index in [4.69, 9.17) is 18.2 Å². The van der Waals surface area contributed by atoms with E-state index in [-0.39, 0.29) is 27.7 Å². The van der Waals surface area contributed by atoms with Gasteiger partial charge in [-0.15, -0.1) is 0 Å². The first-order valence-corrected chi connectivity index (χ1v) is 7.96. The van der Waals surface area contributed by atoms with E-state index in [1.165, 1.54) is 36.8 Å². The Labute approximate surface area is 155 Å². The molecule has 0 bridgehead atoms. The first-order chi connectivity index (χ1) is 13.1. The number of aromatic nitrogens is 5. The van der Waals surface area contributed by atoms with Gasteiger partial charge in [0.2, 0.25) is 0 Å². The fourth-order valence-electron chi connectivity index (χ4n) is 2.60.